The first-order chi connectivity index (χ1) is 15.1. The lowest BCUT2D eigenvalue weighted by atomic mass is 10.2. The highest BCUT2D eigenvalue weighted by Crippen LogP contribution is 2.30. The number of aryl methyl sites for hydroxylation is 3. The second-order valence-corrected chi connectivity index (χ2v) is 8.46. The van der Waals surface area contributed by atoms with E-state index in [0.717, 1.165) is 35.2 Å². The molecule has 168 valence electrons. The normalized spacial score (nSPS) is 10.7. The Kier molecular flexibility index (Phi) is 8.25. The van der Waals surface area contributed by atoms with Gasteiger partial charge in [0.05, 0.1) is 16.5 Å². The number of rotatable bonds is 9. The van der Waals surface area contributed by atoms with Crippen LogP contribution in [-0.2, 0) is 17.8 Å². The minimum atomic E-state index is -0.0963. The van der Waals surface area contributed by atoms with Crippen molar-refractivity contribution < 1.29 is 9.53 Å². The van der Waals surface area contributed by atoms with Gasteiger partial charge in [-0.25, -0.2) is 9.97 Å². The average molecular weight is 471 g/mol. The van der Waals surface area contributed by atoms with Crippen LogP contribution in [0.1, 0.15) is 24.5 Å². The van der Waals surface area contributed by atoms with Crippen LogP contribution in [0.4, 0.5) is 5.13 Å². The van der Waals surface area contributed by atoms with E-state index in [1.54, 1.807) is 28.8 Å². The molecule has 0 unspecified atom stereocenters. The summed E-state index contributed by atoms with van der Waals surface area (Å²) in [6.45, 7) is 5.48. The van der Waals surface area contributed by atoms with Gasteiger partial charge in [-0.1, -0.05) is 42.0 Å². The highest BCUT2D eigenvalue weighted by molar-refractivity contribution is 7.22. The quantitative estimate of drug-likeness (QED) is 0.333. The van der Waals surface area contributed by atoms with E-state index in [1.165, 1.54) is 5.56 Å². The van der Waals surface area contributed by atoms with Crippen LogP contribution in [0.3, 0.4) is 0 Å². The topological polar surface area (TPSA) is 60.2 Å². The van der Waals surface area contributed by atoms with E-state index in [4.69, 9.17) is 9.72 Å². The molecule has 0 aliphatic carbocycles. The van der Waals surface area contributed by atoms with Crippen molar-refractivity contribution in [1.29, 1.82) is 0 Å². The van der Waals surface area contributed by atoms with E-state index in [-0.39, 0.29) is 24.9 Å². The van der Waals surface area contributed by atoms with Crippen molar-refractivity contribution in [2.75, 3.05) is 18.1 Å². The van der Waals surface area contributed by atoms with Crippen LogP contribution in [0.2, 0.25) is 0 Å². The van der Waals surface area contributed by atoms with Gasteiger partial charge in [0, 0.05) is 25.5 Å². The molecule has 2 aromatic heterocycles. The van der Waals surface area contributed by atoms with Crippen LogP contribution < -0.4 is 9.64 Å². The third-order valence-electron chi connectivity index (χ3n) is 5.12. The van der Waals surface area contributed by atoms with E-state index in [1.807, 2.05) is 48.0 Å². The molecule has 2 heterocycles. The third kappa shape index (κ3) is 5.87. The largest absolute Gasteiger partial charge is 0.484 e. The van der Waals surface area contributed by atoms with E-state index in [9.17, 15) is 4.79 Å². The fraction of sp³-hybridized carbons (Fsp3) is 0.292. The molecule has 0 aliphatic rings. The Labute approximate surface area is 198 Å². The smallest absolute Gasteiger partial charge is 0.266 e. The molecule has 4 rings (SSSR count). The zero-order valence-corrected chi connectivity index (χ0v) is 19.9. The highest BCUT2D eigenvalue weighted by atomic mass is 35.5. The molecule has 0 aliphatic heterocycles. The van der Waals surface area contributed by atoms with Gasteiger partial charge in [0.1, 0.15) is 5.75 Å². The number of hydrogen-bond donors (Lipinski definition) is 0. The number of carbonyl (C=O) groups excluding carboxylic acids is 1. The summed E-state index contributed by atoms with van der Waals surface area (Å²) in [6, 6.07) is 14.0. The summed E-state index contributed by atoms with van der Waals surface area (Å²) in [4.78, 5) is 23.7. The Morgan fingerprint density at radius 1 is 1.19 bits per heavy atom. The Balaban J connectivity index is 0.00000289. The first kappa shape index (κ1) is 23.8. The Hall–Kier alpha value is -2.90. The standard InChI is InChI=1S/C24H26N4O2S.ClH/c1-3-19-7-10-21-22(15-19)31-24(26-21)28(13-4-12-27-14-11-25-17-27)23(29)16-30-20-8-5-18(2)6-9-20;/h5-11,14-15,17H,3-4,12-13,16H2,1-2H3;1H. The van der Waals surface area contributed by atoms with E-state index < -0.39 is 0 Å². The van der Waals surface area contributed by atoms with Gasteiger partial charge in [0.15, 0.2) is 11.7 Å². The van der Waals surface area contributed by atoms with Crippen molar-refractivity contribution in [1.82, 2.24) is 14.5 Å². The maximum atomic E-state index is 13.1. The number of aromatic nitrogens is 3. The number of hydrogen-bond acceptors (Lipinski definition) is 5. The van der Waals surface area contributed by atoms with Crippen LogP contribution in [0.25, 0.3) is 10.2 Å². The van der Waals surface area contributed by atoms with Crippen LogP contribution >= 0.6 is 23.7 Å². The Morgan fingerprint density at radius 3 is 2.72 bits per heavy atom. The maximum absolute atomic E-state index is 13.1. The average Bonchev–Trinajstić information content (AvgIpc) is 3.45. The second kappa shape index (κ2) is 11.1. The molecule has 0 saturated heterocycles. The summed E-state index contributed by atoms with van der Waals surface area (Å²) in [5, 5.41) is 0.714. The summed E-state index contributed by atoms with van der Waals surface area (Å²) >= 11 is 1.55. The zero-order valence-electron chi connectivity index (χ0n) is 18.2. The van der Waals surface area contributed by atoms with Crippen LogP contribution in [0.5, 0.6) is 5.75 Å². The molecule has 0 fully saturated rings. The summed E-state index contributed by atoms with van der Waals surface area (Å²) in [5.74, 6) is 0.593. The fourth-order valence-electron chi connectivity index (χ4n) is 3.31. The van der Waals surface area contributed by atoms with Crippen molar-refractivity contribution in [2.24, 2.45) is 0 Å². The van der Waals surface area contributed by atoms with Gasteiger partial charge in [-0.15, -0.1) is 12.4 Å². The van der Waals surface area contributed by atoms with Gasteiger partial charge in [-0.2, -0.15) is 0 Å². The number of ether oxygens (including phenoxy) is 1. The van der Waals surface area contributed by atoms with Crippen LogP contribution in [0, 0.1) is 6.92 Å². The molecule has 0 bridgehead atoms. The first-order valence-corrected chi connectivity index (χ1v) is 11.3. The summed E-state index contributed by atoms with van der Waals surface area (Å²) in [7, 11) is 0. The van der Waals surface area contributed by atoms with Gasteiger partial charge in [0.25, 0.3) is 5.91 Å². The molecule has 0 N–H and O–H groups in total. The van der Waals surface area contributed by atoms with Crippen molar-refractivity contribution in [3.05, 3.63) is 72.3 Å². The molecular weight excluding hydrogens is 444 g/mol. The lowest BCUT2D eigenvalue weighted by Crippen LogP contribution is -2.36. The molecule has 0 saturated carbocycles. The Morgan fingerprint density at radius 2 is 2.00 bits per heavy atom. The predicted molar refractivity (Wildman–Crippen MR) is 132 cm³/mol. The number of thiazole rings is 1. The highest BCUT2D eigenvalue weighted by Gasteiger charge is 2.20. The van der Waals surface area contributed by atoms with Crippen molar-refractivity contribution >= 4 is 45.0 Å². The number of carbonyl (C=O) groups is 1. The molecule has 0 radical (unpaired) electrons. The van der Waals surface area contributed by atoms with Crippen LogP contribution in [-0.4, -0.2) is 33.6 Å². The number of fused-ring (bicyclic) bond motifs is 1. The van der Waals surface area contributed by atoms with E-state index >= 15 is 0 Å². The van der Waals surface area contributed by atoms with Gasteiger partial charge >= 0.3 is 0 Å². The summed E-state index contributed by atoms with van der Waals surface area (Å²) in [6.07, 6.45) is 7.24. The molecule has 6 nitrogen and oxygen atoms in total. The van der Waals surface area contributed by atoms with Gasteiger partial charge < -0.3 is 9.30 Å². The van der Waals surface area contributed by atoms with Crippen molar-refractivity contribution in [3.8, 4) is 5.75 Å². The summed E-state index contributed by atoms with van der Waals surface area (Å²) in [5.41, 5.74) is 3.34. The monoisotopic (exact) mass is 470 g/mol. The lowest BCUT2D eigenvalue weighted by molar-refractivity contribution is -0.120. The number of halogens is 1. The van der Waals surface area contributed by atoms with E-state index in [0.29, 0.717) is 17.4 Å². The molecule has 1 amide bonds. The number of anilines is 1. The minimum absolute atomic E-state index is 0. The molecule has 0 spiro atoms. The van der Waals surface area contributed by atoms with E-state index in [2.05, 4.69) is 24.0 Å². The van der Waals surface area contributed by atoms with Gasteiger partial charge in [-0.05, 0) is 49.6 Å². The van der Waals surface area contributed by atoms with Gasteiger partial charge in [0.2, 0.25) is 0 Å². The SMILES string of the molecule is CCc1ccc2nc(N(CCCn3ccnc3)C(=O)COc3ccc(C)cc3)sc2c1.Cl. The second-order valence-electron chi connectivity index (χ2n) is 7.45. The van der Waals surface area contributed by atoms with Crippen molar-refractivity contribution in [2.45, 2.75) is 33.2 Å². The molecule has 32 heavy (non-hydrogen) atoms. The fourth-order valence-corrected chi connectivity index (χ4v) is 4.38. The number of nitrogens with zero attached hydrogens (tertiary/aromatic N) is 4. The molecule has 4 aromatic rings. The molecular formula is C24H27ClN4O2S. The molecule has 0 atom stereocenters. The number of amides is 1. The summed E-state index contributed by atoms with van der Waals surface area (Å²) < 4.78 is 8.87. The Bertz CT molecular complexity index is 1140. The predicted octanol–water partition coefficient (Wildman–Crippen LogP) is 5.29. The first-order valence-electron chi connectivity index (χ1n) is 10.5. The maximum Gasteiger partial charge on any atom is 0.266 e. The van der Waals surface area contributed by atoms with Crippen LogP contribution in [0.15, 0.2) is 61.2 Å². The molecule has 2 aromatic carbocycles. The minimum Gasteiger partial charge on any atom is -0.484 e. The number of imidazole rings is 1. The lowest BCUT2D eigenvalue weighted by Gasteiger charge is -2.20. The third-order valence-corrected chi connectivity index (χ3v) is 6.16. The zero-order chi connectivity index (χ0) is 21.6. The van der Waals surface area contributed by atoms with Gasteiger partial charge in [-0.3, -0.25) is 9.69 Å². The molecule has 8 heteroatoms. The van der Waals surface area contributed by atoms with Crippen molar-refractivity contribution in [3.63, 3.8) is 0 Å². The number of benzene rings is 2.